The summed E-state index contributed by atoms with van der Waals surface area (Å²) >= 11 is 0. The molecule has 0 unspecified atom stereocenters. The molecule has 2 heterocycles. The zero-order valence-corrected chi connectivity index (χ0v) is 27.7. The quantitative estimate of drug-likeness (QED) is 0.0844. The van der Waals surface area contributed by atoms with Crippen molar-refractivity contribution in [3.63, 3.8) is 0 Å². The zero-order valence-electron chi connectivity index (χ0n) is 27.7. The molecule has 1 aromatic heterocycles. The first-order chi connectivity index (χ1) is 23.0. The van der Waals surface area contributed by atoms with Crippen LogP contribution in [0.2, 0.25) is 0 Å². The zero-order chi connectivity index (χ0) is 35.3. The Kier molecular flexibility index (Phi) is 14.2. The lowest BCUT2D eigenvalue weighted by Gasteiger charge is -2.32. The largest absolute Gasteiger partial charge is 0.493 e. The lowest BCUT2D eigenvalue weighted by molar-refractivity contribution is -0.170. The number of aromatic nitrogens is 1. The van der Waals surface area contributed by atoms with Crippen LogP contribution in [-0.4, -0.2) is 86.3 Å². The number of para-hydroxylation sites is 2. The van der Waals surface area contributed by atoms with Crippen LogP contribution in [0.5, 0.6) is 17.2 Å². The van der Waals surface area contributed by atoms with Gasteiger partial charge >= 0.3 is 17.9 Å². The van der Waals surface area contributed by atoms with Gasteiger partial charge in [-0.25, -0.2) is 14.3 Å². The lowest BCUT2D eigenvalue weighted by atomic mass is 9.86. The number of carboxylic acid groups (broad SMARTS) is 3. The van der Waals surface area contributed by atoms with Crippen molar-refractivity contribution in [2.75, 3.05) is 26.7 Å². The molecule has 260 valence electrons. The standard InChI is InChI=1S/C29H37N3O3.C6H8O7/c1-4-6-7-10-17-31-18-15-22(16-19-31)29-24-20-23(35-28-12-9-8-11-27(28)34-3)13-14-26(24)32(30-21-33)25(29)5-2;7-3(8)1-6(13,5(11)12)2-4(9)10/h8-9,11-14,20,22H,4-7,10,15-19H2,1-3H3;13H,1-2H2,(H,7,8)(H,9,10)(H,11,12). The van der Waals surface area contributed by atoms with E-state index >= 15 is 0 Å². The molecule has 4 N–H and O–H groups in total. The predicted molar refractivity (Wildman–Crippen MR) is 178 cm³/mol. The summed E-state index contributed by atoms with van der Waals surface area (Å²) in [6.07, 6.45) is 7.71. The van der Waals surface area contributed by atoms with Crippen molar-refractivity contribution in [3.8, 4) is 17.2 Å². The van der Waals surface area contributed by atoms with E-state index in [2.05, 4.69) is 29.9 Å². The van der Waals surface area contributed by atoms with Crippen molar-refractivity contribution in [3.05, 3.63) is 53.7 Å². The fourth-order valence-electron chi connectivity index (χ4n) is 6.10. The maximum atomic E-state index is 11.3. The van der Waals surface area contributed by atoms with Gasteiger partial charge in [-0.3, -0.25) is 9.59 Å². The third kappa shape index (κ3) is 9.90. The van der Waals surface area contributed by atoms with Crippen LogP contribution in [0.1, 0.15) is 82.4 Å². The van der Waals surface area contributed by atoms with E-state index in [1.165, 1.54) is 37.8 Å². The predicted octanol–water partition coefficient (Wildman–Crippen LogP) is 5.61. The monoisotopic (exact) mass is 667 g/mol. The third-order valence-corrected chi connectivity index (χ3v) is 8.43. The fourth-order valence-corrected chi connectivity index (χ4v) is 6.10. The highest BCUT2D eigenvalue weighted by molar-refractivity contribution is 5.89. The minimum Gasteiger partial charge on any atom is -0.493 e. The number of aliphatic hydroxyl groups is 1. The van der Waals surface area contributed by atoms with E-state index in [1.54, 1.807) is 17.9 Å². The number of methoxy groups -OCH3 is 1. The summed E-state index contributed by atoms with van der Waals surface area (Å²) in [6.45, 7) is 7.81. The fraction of sp³-hybridized carbons (Fsp3) is 0.486. The lowest BCUT2D eigenvalue weighted by Crippen LogP contribution is -2.42. The minimum absolute atomic E-state index is 0.434. The van der Waals surface area contributed by atoms with Crippen LogP contribution in [0, 0.1) is 0 Å². The third-order valence-electron chi connectivity index (χ3n) is 8.43. The molecule has 1 saturated heterocycles. The Hall–Kier alpha value is -4.71. The van der Waals surface area contributed by atoms with E-state index in [4.69, 9.17) is 29.9 Å². The van der Waals surface area contributed by atoms with Crippen molar-refractivity contribution < 1.29 is 49.1 Å². The van der Waals surface area contributed by atoms with Gasteiger partial charge in [0.25, 0.3) is 6.08 Å². The van der Waals surface area contributed by atoms with Gasteiger partial charge in [0.15, 0.2) is 17.1 Å². The molecule has 48 heavy (non-hydrogen) atoms. The molecule has 0 saturated carbocycles. The number of carboxylic acids is 3. The van der Waals surface area contributed by atoms with Gasteiger partial charge in [-0.2, -0.15) is 0 Å². The maximum Gasteiger partial charge on any atom is 0.336 e. The molecule has 13 heteroatoms. The molecule has 0 spiro atoms. The Morgan fingerprint density at radius 2 is 1.60 bits per heavy atom. The Balaban J connectivity index is 0.000000408. The van der Waals surface area contributed by atoms with Gasteiger partial charge in [0.2, 0.25) is 0 Å². The Labute approximate surface area is 279 Å². The molecule has 1 aliphatic heterocycles. The van der Waals surface area contributed by atoms with E-state index < -0.39 is 36.4 Å². The molecule has 1 aliphatic rings. The second-order valence-electron chi connectivity index (χ2n) is 11.8. The number of aliphatic carboxylic acids is 3. The molecular formula is C35H45N3O10. The van der Waals surface area contributed by atoms with Gasteiger partial charge in [-0.05, 0) is 87.1 Å². The van der Waals surface area contributed by atoms with Crippen LogP contribution in [0.3, 0.4) is 0 Å². The van der Waals surface area contributed by atoms with Crippen molar-refractivity contribution in [2.45, 2.75) is 83.2 Å². The highest BCUT2D eigenvalue weighted by atomic mass is 16.5. The average Bonchev–Trinajstić information content (AvgIpc) is 3.35. The Bertz CT molecular complexity index is 1590. The molecule has 0 amide bonds. The number of nitrogens with zero attached hydrogens (tertiary/aromatic N) is 3. The van der Waals surface area contributed by atoms with E-state index in [0.29, 0.717) is 17.4 Å². The van der Waals surface area contributed by atoms with Crippen molar-refractivity contribution >= 4 is 34.9 Å². The summed E-state index contributed by atoms with van der Waals surface area (Å²) < 4.78 is 13.5. The summed E-state index contributed by atoms with van der Waals surface area (Å²) in [5, 5.41) is 39.0. The Morgan fingerprint density at radius 3 is 2.15 bits per heavy atom. The highest BCUT2D eigenvalue weighted by Gasteiger charge is 2.40. The van der Waals surface area contributed by atoms with Gasteiger partial charge in [0.05, 0.1) is 25.5 Å². The van der Waals surface area contributed by atoms with Crippen LogP contribution in [0.4, 0.5) is 0 Å². The van der Waals surface area contributed by atoms with Crippen molar-refractivity contribution in [2.24, 2.45) is 5.10 Å². The average molecular weight is 668 g/mol. The van der Waals surface area contributed by atoms with E-state index in [9.17, 15) is 19.2 Å². The summed E-state index contributed by atoms with van der Waals surface area (Å²) in [7, 11) is 1.64. The van der Waals surface area contributed by atoms with Gasteiger partial charge in [0.1, 0.15) is 5.75 Å². The molecule has 4 rings (SSSR count). The molecule has 3 aromatic rings. The topological polar surface area (TPSA) is 188 Å². The van der Waals surface area contributed by atoms with E-state index in [1.807, 2.05) is 36.4 Å². The first-order valence-electron chi connectivity index (χ1n) is 16.2. The first kappa shape index (κ1) is 37.7. The summed E-state index contributed by atoms with van der Waals surface area (Å²) in [6, 6.07) is 13.7. The summed E-state index contributed by atoms with van der Waals surface area (Å²) in [4.78, 5) is 44.4. The van der Waals surface area contributed by atoms with Gasteiger partial charge < -0.3 is 34.8 Å². The number of piperidine rings is 1. The number of hydrogen-bond donors (Lipinski definition) is 4. The molecular weight excluding hydrogens is 622 g/mol. The second-order valence-corrected chi connectivity index (χ2v) is 11.8. The van der Waals surface area contributed by atoms with Crippen molar-refractivity contribution in [1.82, 2.24) is 9.58 Å². The number of hydrogen-bond acceptors (Lipinski definition) is 9. The number of benzene rings is 2. The van der Waals surface area contributed by atoms with Gasteiger partial charge in [-0.15, -0.1) is 0 Å². The number of carbonyl (C=O) groups is 3. The van der Waals surface area contributed by atoms with Crippen LogP contribution in [0.25, 0.3) is 10.9 Å². The second kappa shape index (κ2) is 18.0. The molecule has 0 atom stereocenters. The molecule has 2 aromatic carbocycles. The SMILES string of the molecule is CCCCCCN1CCC(c2c(CC)n(N=C=O)c3ccc(Oc4ccccc4OC)cc23)CC1.O=C(O)CC(O)(CC(=O)O)C(=O)O. The number of likely N-dealkylation sites (tertiary alicyclic amines) is 1. The van der Waals surface area contributed by atoms with E-state index in [0.717, 1.165) is 54.7 Å². The number of isocyanates is 1. The smallest absolute Gasteiger partial charge is 0.336 e. The molecule has 0 radical (unpaired) electrons. The number of ether oxygens (including phenoxy) is 2. The molecule has 0 aliphatic carbocycles. The van der Waals surface area contributed by atoms with Crippen LogP contribution in [-0.2, 0) is 25.6 Å². The van der Waals surface area contributed by atoms with Crippen LogP contribution < -0.4 is 9.47 Å². The van der Waals surface area contributed by atoms with Gasteiger partial charge in [0, 0.05) is 11.1 Å². The number of carbonyl (C=O) groups excluding carboxylic acids is 1. The summed E-state index contributed by atoms with van der Waals surface area (Å²) in [5.41, 5.74) is 0.587. The first-order valence-corrected chi connectivity index (χ1v) is 16.2. The van der Waals surface area contributed by atoms with Crippen LogP contribution in [0.15, 0.2) is 47.6 Å². The van der Waals surface area contributed by atoms with Gasteiger partial charge in [-0.1, -0.05) is 50.3 Å². The summed E-state index contributed by atoms with van der Waals surface area (Å²) in [5.74, 6) is -2.48. The highest BCUT2D eigenvalue weighted by Crippen LogP contribution is 2.41. The Morgan fingerprint density at radius 1 is 0.958 bits per heavy atom. The molecule has 13 nitrogen and oxygen atoms in total. The number of fused-ring (bicyclic) bond motifs is 1. The normalized spacial score (nSPS) is 13.7. The molecule has 1 fully saturated rings. The number of rotatable bonds is 16. The van der Waals surface area contributed by atoms with E-state index in [-0.39, 0.29) is 0 Å². The minimum atomic E-state index is -2.74. The molecule has 0 bridgehead atoms. The maximum absolute atomic E-state index is 11.3. The van der Waals surface area contributed by atoms with Crippen molar-refractivity contribution in [1.29, 1.82) is 0 Å². The van der Waals surface area contributed by atoms with Crippen LogP contribution >= 0.6 is 0 Å². The number of unbranched alkanes of at least 4 members (excludes halogenated alkanes) is 3.